The predicted molar refractivity (Wildman–Crippen MR) is 88.9 cm³/mol. The zero-order chi connectivity index (χ0) is 14.9. The molecule has 1 amide bonds. The highest BCUT2D eigenvalue weighted by Gasteiger charge is 2.15. The molecule has 0 unspecified atom stereocenters. The maximum atomic E-state index is 12.2. The average molecular weight is 308 g/mol. The number of nitrogens with one attached hydrogen (secondary N) is 1. The van der Waals surface area contributed by atoms with Crippen LogP contribution in [0.25, 0.3) is 0 Å². The van der Waals surface area contributed by atoms with Crippen LogP contribution < -0.4 is 5.32 Å². The number of hydrogen-bond acceptors (Lipinski definition) is 3. The van der Waals surface area contributed by atoms with Crippen molar-refractivity contribution in [2.24, 2.45) is 0 Å². The Labute approximate surface area is 132 Å². The number of aryl methyl sites for hydroxylation is 1. The molecule has 1 aliphatic rings. The molecule has 0 radical (unpaired) electrons. The van der Waals surface area contributed by atoms with Crippen molar-refractivity contribution in [2.75, 3.05) is 0 Å². The Morgan fingerprint density at radius 1 is 1.05 bits per heavy atom. The van der Waals surface area contributed by atoms with E-state index in [2.05, 4.69) is 9.69 Å². The Hall–Kier alpha value is -0.900. The Kier molecular flexibility index (Phi) is 7.20. The summed E-state index contributed by atoms with van der Waals surface area (Å²) in [5.74, 6) is 0.0106. The first-order valence-corrected chi connectivity index (χ1v) is 9.27. The second kappa shape index (κ2) is 9.19. The number of aromatic nitrogens is 1. The molecule has 0 atom stereocenters. The van der Waals surface area contributed by atoms with Crippen molar-refractivity contribution in [3.63, 3.8) is 0 Å². The topological polar surface area (TPSA) is 42.0 Å². The molecule has 1 aromatic rings. The second-order valence-electron chi connectivity index (χ2n) is 6.25. The van der Waals surface area contributed by atoms with Crippen molar-refractivity contribution in [3.8, 4) is 0 Å². The molecule has 2 rings (SSSR count). The van der Waals surface area contributed by atoms with Gasteiger partial charge in [-0.25, -0.2) is 0 Å². The van der Waals surface area contributed by atoms with Crippen LogP contribution >= 0.6 is 11.5 Å². The fraction of sp³-hybridized carbons (Fsp3) is 0.765. The van der Waals surface area contributed by atoms with Crippen LogP contribution in [0.3, 0.4) is 0 Å². The van der Waals surface area contributed by atoms with E-state index in [-0.39, 0.29) is 5.91 Å². The van der Waals surface area contributed by atoms with Gasteiger partial charge in [0.1, 0.15) is 5.69 Å². The summed E-state index contributed by atoms with van der Waals surface area (Å²) in [6, 6.07) is 2.22. The summed E-state index contributed by atoms with van der Waals surface area (Å²) in [5.41, 5.74) is 0.587. The second-order valence-corrected chi connectivity index (χ2v) is 7.26. The maximum Gasteiger partial charge on any atom is 0.271 e. The molecule has 3 nitrogen and oxygen atoms in total. The summed E-state index contributed by atoms with van der Waals surface area (Å²) < 4.78 is 4.21. The van der Waals surface area contributed by atoms with Crippen molar-refractivity contribution in [1.82, 2.24) is 9.69 Å². The number of amides is 1. The zero-order valence-corrected chi connectivity index (χ0v) is 14.0. The molecule has 0 spiro atoms. The minimum atomic E-state index is 0.0106. The van der Waals surface area contributed by atoms with Gasteiger partial charge in [-0.1, -0.05) is 57.8 Å². The van der Waals surface area contributed by atoms with Gasteiger partial charge in [-0.2, -0.15) is 4.37 Å². The molecule has 0 bridgehead atoms. The summed E-state index contributed by atoms with van der Waals surface area (Å²) in [5, 5.41) is 3.21. The Morgan fingerprint density at radius 2 is 1.57 bits per heavy atom. The SMILES string of the molecule is Cc1cc(C(=O)NC2CCCCCCCCCCC2)ns1. The van der Waals surface area contributed by atoms with Crippen LogP contribution in [0.1, 0.15) is 86.0 Å². The first kappa shape index (κ1) is 16.5. The molecule has 1 aliphatic carbocycles. The van der Waals surface area contributed by atoms with Crippen LogP contribution in [-0.2, 0) is 0 Å². The highest BCUT2D eigenvalue weighted by molar-refractivity contribution is 7.05. The molecule has 0 saturated heterocycles. The van der Waals surface area contributed by atoms with Gasteiger partial charge < -0.3 is 5.32 Å². The molecular formula is C17H28N2OS. The standard InChI is InChI=1S/C17H28N2OS/c1-14-13-16(19-21-14)17(20)18-15-11-9-7-5-3-2-4-6-8-10-12-15/h13,15H,2-12H2,1H3,(H,18,20). The molecular weight excluding hydrogens is 280 g/mol. The van der Waals surface area contributed by atoms with Gasteiger partial charge in [0.2, 0.25) is 0 Å². The Bertz CT molecular complexity index is 418. The lowest BCUT2D eigenvalue weighted by Crippen LogP contribution is -2.35. The summed E-state index contributed by atoms with van der Waals surface area (Å²) in [6.45, 7) is 1.99. The van der Waals surface area contributed by atoms with E-state index in [0.717, 1.165) is 17.7 Å². The maximum absolute atomic E-state index is 12.2. The largest absolute Gasteiger partial charge is 0.348 e. The first-order valence-electron chi connectivity index (χ1n) is 8.50. The lowest BCUT2D eigenvalue weighted by atomic mass is 9.98. The normalized spacial score (nSPS) is 19.5. The van der Waals surface area contributed by atoms with E-state index in [4.69, 9.17) is 0 Å². The van der Waals surface area contributed by atoms with Gasteiger partial charge >= 0.3 is 0 Å². The van der Waals surface area contributed by atoms with E-state index in [9.17, 15) is 4.79 Å². The minimum absolute atomic E-state index is 0.0106. The van der Waals surface area contributed by atoms with E-state index in [1.807, 2.05) is 13.0 Å². The monoisotopic (exact) mass is 308 g/mol. The van der Waals surface area contributed by atoms with Crippen LogP contribution in [0, 0.1) is 6.92 Å². The van der Waals surface area contributed by atoms with Crippen LogP contribution in [0.2, 0.25) is 0 Å². The number of nitrogens with zero attached hydrogens (tertiary/aromatic N) is 1. The number of hydrogen-bond donors (Lipinski definition) is 1. The van der Waals surface area contributed by atoms with Crippen molar-refractivity contribution in [2.45, 2.75) is 83.6 Å². The quantitative estimate of drug-likeness (QED) is 0.848. The Balaban J connectivity index is 1.83. The average Bonchev–Trinajstić information content (AvgIpc) is 2.88. The third-order valence-electron chi connectivity index (χ3n) is 4.30. The van der Waals surface area contributed by atoms with Crippen molar-refractivity contribution in [3.05, 3.63) is 16.6 Å². The fourth-order valence-electron chi connectivity index (χ4n) is 3.04. The van der Waals surface area contributed by atoms with Crippen LogP contribution in [0.4, 0.5) is 0 Å². The summed E-state index contributed by atoms with van der Waals surface area (Å²) in [7, 11) is 0. The van der Waals surface area contributed by atoms with E-state index in [0.29, 0.717) is 11.7 Å². The molecule has 0 aliphatic heterocycles. The van der Waals surface area contributed by atoms with Gasteiger partial charge in [-0.15, -0.1) is 0 Å². The highest BCUT2D eigenvalue weighted by Crippen LogP contribution is 2.17. The van der Waals surface area contributed by atoms with Crippen molar-refractivity contribution in [1.29, 1.82) is 0 Å². The number of rotatable bonds is 2. The summed E-state index contributed by atoms with van der Waals surface area (Å²) >= 11 is 1.40. The number of carbonyl (C=O) groups excluding carboxylic acids is 1. The Morgan fingerprint density at radius 3 is 2.05 bits per heavy atom. The van der Waals surface area contributed by atoms with Gasteiger partial charge in [0.25, 0.3) is 5.91 Å². The molecule has 1 N–H and O–H groups in total. The molecule has 118 valence electrons. The van der Waals surface area contributed by atoms with E-state index in [1.165, 1.54) is 69.3 Å². The van der Waals surface area contributed by atoms with Gasteiger partial charge in [0.15, 0.2) is 0 Å². The van der Waals surface area contributed by atoms with Gasteiger partial charge in [-0.05, 0) is 37.4 Å². The van der Waals surface area contributed by atoms with Crippen molar-refractivity contribution < 1.29 is 4.79 Å². The smallest absolute Gasteiger partial charge is 0.271 e. The van der Waals surface area contributed by atoms with E-state index >= 15 is 0 Å². The summed E-state index contributed by atoms with van der Waals surface area (Å²) in [6.07, 6.45) is 14.2. The van der Waals surface area contributed by atoms with Gasteiger partial charge in [-0.3, -0.25) is 4.79 Å². The molecule has 0 aromatic carbocycles. The van der Waals surface area contributed by atoms with Crippen LogP contribution in [0.5, 0.6) is 0 Å². The molecule has 4 heteroatoms. The zero-order valence-electron chi connectivity index (χ0n) is 13.2. The van der Waals surface area contributed by atoms with Crippen LogP contribution in [0.15, 0.2) is 6.07 Å². The van der Waals surface area contributed by atoms with E-state index < -0.39 is 0 Å². The highest BCUT2D eigenvalue weighted by atomic mass is 32.1. The molecule has 1 heterocycles. The minimum Gasteiger partial charge on any atom is -0.348 e. The van der Waals surface area contributed by atoms with Crippen molar-refractivity contribution >= 4 is 17.4 Å². The molecule has 21 heavy (non-hydrogen) atoms. The number of carbonyl (C=O) groups is 1. The molecule has 1 saturated carbocycles. The third-order valence-corrected chi connectivity index (χ3v) is 4.99. The van der Waals surface area contributed by atoms with Crippen LogP contribution in [-0.4, -0.2) is 16.3 Å². The third kappa shape index (κ3) is 6.16. The van der Waals surface area contributed by atoms with E-state index in [1.54, 1.807) is 0 Å². The lowest BCUT2D eigenvalue weighted by Gasteiger charge is -2.19. The van der Waals surface area contributed by atoms with Gasteiger partial charge in [0, 0.05) is 10.9 Å². The summed E-state index contributed by atoms with van der Waals surface area (Å²) in [4.78, 5) is 13.3. The van der Waals surface area contributed by atoms with Gasteiger partial charge in [0.05, 0.1) is 0 Å². The molecule has 1 aromatic heterocycles. The lowest BCUT2D eigenvalue weighted by molar-refractivity contribution is 0.0927. The molecule has 1 fully saturated rings. The fourth-order valence-corrected chi connectivity index (χ4v) is 3.58. The first-order chi connectivity index (χ1) is 10.3. The predicted octanol–water partition coefficient (Wildman–Crippen LogP) is 4.85.